The molecule has 1 amide bonds. The lowest BCUT2D eigenvalue weighted by atomic mass is 9.93. The number of halogens is 2. The molecule has 6 nitrogen and oxygen atoms in total. The molecule has 29 heavy (non-hydrogen) atoms. The molecule has 0 radical (unpaired) electrons. The molecular weight excluding hydrogens is 376 g/mol. The van der Waals surface area contributed by atoms with Crippen LogP contribution in [0.1, 0.15) is 38.2 Å². The second-order valence-corrected chi connectivity index (χ2v) is 7.34. The molecule has 1 unspecified atom stereocenters. The van der Waals surface area contributed by atoms with Crippen LogP contribution in [0.25, 0.3) is 0 Å². The fourth-order valence-electron chi connectivity index (χ4n) is 3.64. The van der Waals surface area contributed by atoms with Crippen molar-refractivity contribution < 1.29 is 13.6 Å². The van der Waals surface area contributed by atoms with E-state index in [0.717, 1.165) is 56.6 Å². The number of hydrogen-bond acceptors (Lipinski definition) is 5. The highest BCUT2D eigenvalue weighted by Crippen LogP contribution is 2.25. The number of rotatable bonds is 8. The van der Waals surface area contributed by atoms with Crippen LogP contribution in [0.4, 0.5) is 20.4 Å². The van der Waals surface area contributed by atoms with E-state index < -0.39 is 11.6 Å². The minimum Gasteiger partial charge on any atom is -0.370 e. The smallest absolute Gasteiger partial charge is 0.220 e. The second kappa shape index (κ2) is 10.1. The Bertz CT molecular complexity index is 812. The van der Waals surface area contributed by atoms with Gasteiger partial charge in [-0.15, -0.1) is 0 Å². The highest BCUT2D eigenvalue weighted by Gasteiger charge is 2.22. The van der Waals surface area contributed by atoms with E-state index in [0.29, 0.717) is 17.9 Å². The van der Waals surface area contributed by atoms with E-state index in [1.54, 1.807) is 6.33 Å². The number of nitrogens with one attached hydrogen (secondary N) is 2. The van der Waals surface area contributed by atoms with Crippen molar-refractivity contribution >= 4 is 17.5 Å². The van der Waals surface area contributed by atoms with Gasteiger partial charge in [0, 0.05) is 44.7 Å². The summed E-state index contributed by atoms with van der Waals surface area (Å²) in [4.78, 5) is 23.0. The number of benzene rings is 1. The van der Waals surface area contributed by atoms with Gasteiger partial charge in [-0.05, 0) is 49.8 Å². The van der Waals surface area contributed by atoms with Crippen LogP contribution >= 0.6 is 0 Å². The topological polar surface area (TPSA) is 70.2 Å². The molecule has 0 bridgehead atoms. The second-order valence-electron chi connectivity index (χ2n) is 7.34. The zero-order chi connectivity index (χ0) is 20.6. The third kappa shape index (κ3) is 6.37. The Morgan fingerprint density at radius 3 is 2.76 bits per heavy atom. The Labute approximate surface area is 169 Å². The first kappa shape index (κ1) is 21.0. The Hall–Kier alpha value is -2.77. The van der Waals surface area contributed by atoms with Gasteiger partial charge in [-0.2, -0.15) is 0 Å². The third-order valence-electron chi connectivity index (χ3n) is 5.05. The largest absolute Gasteiger partial charge is 0.370 e. The fraction of sp³-hybridized carbons (Fsp3) is 0.476. The highest BCUT2D eigenvalue weighted by molar-refractivity contribution is 5.75. The monoisotopic (exact) mass is 403 g/mol. The molecule has 8 heteroatoms. The van der Waals surface area contributed by atoms with E-state index in [1.807, 2.05) is 13.0 Å². The van der Waals surface area contributed by atoms with Gasteiger partial charge in [0.1, 0.15) is 29.6 Å². The van der Waals surface area contributed by atoms with Gasteiger partial charge in [-0.1, -0.05) is 0 Å². The van der Waals surface area contributed by atoms with Crippen LogP contribution in [0.2, 0.25) is 0 Å². The molecule has 2 heterocycles. The van der Waals surface area contributed by atoms with Gasteiger partial charge in [0.25, 0.3) is 0 Å². The lowest BCUT2D eigenvalue weighted by molar-refractivity contribution is -0.121. The average Bonchev–Trinajstić information content (AvgIpc) is 2.71. The molecule has 1 aliphatic heterocycles. The van der Waals surface area contributed by atoms with Crippen LogP contribution in [0.5, 0.6) is 0 Å². The first-order valence-electron chi connectivity index (χ1n) is 10.1. The number of carbonyl (C=O) groups is 1. The summed E-state index contributed by atoms with van der Waals surface area (Å²) < 4.78 is 26.4. The summed E-state index contributed by atoms with van der Waals surface area (Å²) in [5.74, 6) is 0.727. The molecule has 3 rings (SSSR count). The Morgan fingerprint density at radius 2 is 2.00 bits per heavy atom. The number of piperidine rings is 1. The predicted molar refractivity (Wildman–Crippen MR) is 109 cm³/mol. The van der Waals surface area contributed by atoms with Gasteiger partial charge in [-0.25, -0.2) is 18.7 Å². The molecular formula is C21H27F2N5O. The molecule has 2 N–H and O–H groups in total. The molecule has 0 aliphatic carbocycles. The van der Waals surface area contributed by atoms with E-state index in [9.17, 15) is 13.6 Å². The lowest BCUT2D eigenvalue weighted by Gasteiger charge is -2.33. The summed E-state index contributed by atoms with van der Waals surface area (Å²) in [6.07, 6.45) is 4.85. The van der Waals surface area contributed by atoms with E-state index in [-0.39, 0.29) is 12.5 Å². The van der Waals surface area contributed by atoms with Gasteiger partial charge >= 0.3 is 0 Å². The van der Waals surface area contributed by atoms with Crippen molar-refractivity contribution in [3.05, 3.63) is 47.8 Å². The first-order chi connectivity index (χ1) is 14.0. The van der Waals surface area contributed by atoms with Gasteiger partial charge in [-0.3, -0.25) is 4.79 Å². The maximum absolute atomic E-state index is 13.2. The van der Waals surface area contributed by atoms with Crippen LogP contribution in [0, 0.1) is 17.6 Å². The molecule has 1 saturated heterocycles. The Balaban J connectivity index is 1.46. The van der Waals surface area contributed by atoms with Crippen molar-refractivity contribution in [3.63, 3.8) is 0 Å². The van der Waals surface area contributed by atoms with Crippen molar-refractivity contribution in [2.45, 2.75) is 39.2 Å². The van der Waals surface area contributed by atoms with Crippen LogP contribution in [0.15, 0.2) is 30.6 Å². The van der Waals surface area contributed by atoms with E-state index in [1.165, 1.54) is 12.1 Å². The number of amides is 1. The normalized spacial score (nSPS) is 16.5. The zero-order valence-electron chi connectivity index (χ0n) is 16.6. The Kier molecular flexibility index (Phi) is 7.32. The van der Waals surface area contributed by atoms with Gasteiger partial charge in [0.05, 0.1) is 0 Å². The van der Waals surface area contributed by atoms with Gasteiger partial charge in [0.2, 0.25) is 5.91 Å². The molecule has 2 aromatic rings. The maximum Gasteiger partial charge on any atom is 0.220 e. The molecule has 1 aliphatic rings. The van der Waals surface area contributed by atoms with Gasteiger partial charge in [0.15, 0.2) is 0 Å². The van der Waals surface area contributed by atoms with E-state index in [4.69, 9.17) is 0 Å². The fourth-order valence-corrected chi connectivity index (χ4v) is 3.64. The predicted octanol–water partition coefficient (Wildman–Crippen LogP) is 3.50. The number of aromatic nitrogens is 2. The number of carbonyl (C=O) groups excluding carboxylic acids is 1. The Morgan fingerprint density at radius 1 is 1.21 bits per heavy atom. The van der Waals surface area contributed by atoms with Crippen molar-refractivity contribution in [3.8, 4) is 0 Å². The summed E-state index contributed by atoms with van der Waals surface area (Å²) in [5.41, 5.74) is 0.417. The van der Waals surface area contributed by atoms with Gasteiger partial charge < -0.3 is 15.5 Å². The number of hydrogen-bond donors (Lipinski definition) is 2. The summed E-state index contributed by atoms with van der Waals surface area (Å²) in [5, 5.41) is 5.94. The van der Waals surface area contributed by atoms with Crippen LogP contribution in [-0.4, -0.2) is 35.5 Å². The summed E-state index contributed by atoms with van der Waals surface area (Å²) in [7, 11) is 0. The van der Waals surface area contributed by atoms with Crippen LogP contribution in [-0.2, 0) is 11.3 Å². The van der Waals surface area contributed by atoms with Crippen LogP contribution < -0.4 is 15.5 Å². The van der Waals surface area contributed by atoms with Crippen LogP contribution in [0.3, 0.4) is 0 Å². The van der Waals surface area contributed by atoms with E-state index in [2.05, 4.69) is 25.5 Å². The SMILES string of the molecule is CCNc1cc(N2CCCC(CCC(=O)NCc3cc(F)cc(F)c3)C2)ncn1. The highest BCUT2D eigenvalue weighted by atomic mass is 19.1. The number of anilines is 2. The third-order valence-corrected chi connectivity index (χ3v) is 5.05. The molecule has 0 spiro atoms. The molecule has 1 atom stereocenters. The van der Waals surface area contributed by atoms with Crippen molar-refractivity contribution in [2.75, 3.05) is 29.9 Å². The summed E-state index contributed by atoms with van der Waals surface area (Å²) >= 11 is 0. The summed E-state index contributed by atoms with van der Waals surface area (Å²) in [6.45, 7) is 4.74. The number of nitrogens with zero attached hydrogens (tertiary/aromatic N) is 3. The quantitative estimate of drug-likeness (QED) is 0.706. The summed E-state index contributed by atoms with van der Waals surface area (Å²) in [6, 6.07) is 5.23. The van der Waals surface area contributed by atoms with Crippen molar-refractivity contribution in [1.29, 1.82) is 0 Å². The van der Waals surface area contributed by atoms with E-state index >= 15 is 0 Å². The average molecular weight is 403 g/mol. The van der Waals surface area contributed by atoms with Crippen molar-refractivity contribution in [2.24, 2.45) is 5.92 Å². The molecule has 1 fully saturated rings. The molecule has 1 aromatic heterocycles. The maximum atomic E-state index is 13.2. The zero-order valence-corrected chi connectivity index (χ0v) is 16.6. The van der Waals surface area contributed by atoms with Crippen molar-refractivity contribution in [1.82, 2.24) is 15.3 Å². The molecule has 156 valence electrons. The minimum atomic E-state index is -0.640. The first-order valence-corrected chi connectivity index (χ1v) is 10.1. The minimum absolute atomic E-state index is 0.108. The molecule has 1 aromatic carbocycles. The standard InChI is InChI=1S/C21H27F2N5O/c1-2-24-19-11-20(27-14-26-19)28-7-3-4-15(13-28)5-6-21(29)25-12-16-8-17(22)10-18(23)9-16/h8-11,14-15H,2-7,12-13H2,1H3,(H,25,29)(H,24,26,27). The molecule has 0 saturated carbocycles. The lowest BCUT2D eigenvalue weighted by Crippen LogP contribution is -2.36.